The van der Waals surface area contributed by atoms with Crippen LogP contribution in [0.1, 0.15) is 16.1 Å². The van der Waals surface area contributed by atoms with Crippen molar-refractivity contribution in [2.45, 2.75) is 24.7 Å². The molecule has 0 aliphatic carbocycles. The average molecular weight is 293 g/mol. The van der Waals surface area contributed by atoms with Gasteiger partial charge in [0, 0.05) is 6.54 Å². The number of aryl methyl sites for hydroxylation is 2. The molecule has 1 aromatic heterocycles. The summed E-state index contributed by atoms with van der Waals surface area (Å²) in [6, 6.07) is 8.13. The summed E-state index contributed by atoms with van der Waals surface area (Å²) in [4.78, 5) is 11.7. The molecule has 1 N–H and O–H groups in total. The summed E-state index contributed by atoms with van der Waals surface area (Å²) in [6.45, 7) is 4.51. The van der Waals surface area contributed by atoms with E-state index in [4.69, 9.17) is 0 Å². The third kappa shape index (κ3) is 4.65. The Labute approximate surface area is 120 Å². The molecular formula is C13H15N3OS2. The van der Waals surface area contributed by atoms with Crippen LogP contribution in [0.25, 0.3) is 0 Å². The van der Waals surface area contributed by atoms with Crippen LogP contribution in [-0.4, -0.2) is 21.9 Å². The van der Waals surface area contributed by atoms with Gasteiger partial charge in [0.25, 0.3) is 0 Å². The predicted octanol–water partition coefficient (Wildman–Crippen LogP) is 2.56. The Balaban J connectivity index is 1.74. The fourth-order valence-electron chi connectivity index (χ4n) is 1.42. The van der Waals surface area contributed by atoms with Gasteiger partial charge in [-0.25, -0.2) is 0 Å². The van der Waals surface area contributed by atoms with E-state index in [0.29, 0.717) is 12.3 Å². The third-order valence-corrected chi connectivity index (χ3v) is 4.42. The van der Waals surface area contributed by atoms with E-state index < -0.39 is 0 Å². The lowest BCUT2D eigenvalue weighted by Crippen LogP contribution is -2.24. The highest BCUT2D eigenvalue weighted by Gasteiger charge is 2.06. The summed E-state index contributed by atoms with van der Waals surface area (Å²) in [7, 11) is 0. The highest BCUT2D eigenvalue weighted by atomic mass is 32.2. The quantitative estimate of drug-likeness (QED) is 0.861. The number of hydrogen-bond donors (Lipinski definition) is 1. The molecule has 6 heteroatoms. The van der Waals surface area contributed by atoms with E-state index in [9.17, 15) is 4.79 Å². The highest BCUT2D eigenvalue weighted by molar-refractivity contribution is 8.01. The lowest BCUT2D eigenvalue weighted by Gasteiger charge is -2.04. The maximum Gasteiger partial charge on any atom is 0.230 e. The Bertz CT molecular complexity index is 551. The van der Waals surface area contributed by atoms with Gasteiger partial charge in [0.05, 0.1) is 5.75 Å². The molecule has 0 bridgehead atoms. The lowest BCUT2D eigenvalue weighted by molar-refractivity contribution is -0.118. The van der Waals surface area contributed by atoms with Gasteiger partial charge < -0.3 is 5.32 Å². The van der Waals surface area contributed by atoms with Crippen molar-refractivity contribution in [1.29, 1.82) is 0 Å². The van der Waals surface area contributed by atoms with Crippen LogP contribution in [0.3, 0.4) is 0 Å². The largest absolute Gasteiger partial charge is 0.351 e. The number of aromatic nitrogens is 2. The second-order valence-corrected chi connectivity index (χ2v) is 6.54. The van der Waals surface area contributed by atoms with Crippen LogP contribution in [0.15, 0.2) is 28.6 Å². The minimum atomic E-state index is 0.0124. The second-order valence-electron chi connectivity index (χ2n) is 4.14. The maximum absolute atomic E-state index is 11.7. The van der Waals surface area contributed by atoms with Crippen molar-refractivity contribution < 1.29 is 4.79 Å². The van der Waals surface area contributed by atoms with Gasteiger partial charge in [-0.3, -0.25) is 4.79 Å². The Hall–Kier alpha value is -1.40. The first-order valence-corrected chi connectivity index (χ1v) is 7.69. The van der Waals surface area contributed by atoms with Crippen molar-refractivity contribution in [3.05, 3.63) is 40.4 Å². The molecule has 2 aromatic rings. The maximum atomic E-state index is 11.7. The number of hydrogen-bond acceptors (Lipinski definition) is 5. The van der Waals surface area contributed by atoms with Crippen LogP contribution >= 0.6 is 23.1 Å². The van der Waals surface area contributed by atoms with E-state index in [-0.39, 0.29) is 5.91 Å². The molecule has 0 saturated carbocycles. The molecular weight excluding hydrogens is 278 g/mol. The minimum absolute atomic E-state index is 0.0124. The van der Waals surface area contributed by atoms with Gasteiger partial charge in [0.15, 0.2) is 4.34 Å². The minimum Gasteiger partial charge on any atom is -0.351 e. The zero-order valence-corrected chi connectivity index (χ0v) is 12.5. The standard InChI is InChI=1S/C13H15N3OS2/c1-9-3-5-11(6-4-9)7-14-12(17)8-18-13-16-15-10(2)19-13/h3-6H,7-8H2,1-2H3,(H,14,17). The molecule has 1 aromatic carbocycles. The number of amides is 1. The summed E-state index contributed by atoms with van der Waals surface area (Å²) in [5, 5.41) is 11.7. The molecule has 0 aliphatic rings. The number of benzene rings is 1. The average Bonchev–Trinajstić information content (AvgIpc) is 2.81. The van der Waals surface area contributed by atoms with Crippen molar-refractivity contribution in [2.75, 3.05) is 5.75 Å². The topological polar surface area (TPSA) is 54.9 Å². The lowest BCUT2D eigenvalue weighted by atomic mass is 10.1. The monoisotopic (exact) mass is 293 g/mol. The Morgan fingerprint density at radius 1 is 1.26 bits per heavy atom. The van der Waals surface area contributed by atoms with Crippen LogP contribution in [0.5, 0.6) is 0 Å². The van der Waals surface area contributed by atoms with Gasteiger partial charge in [-0.15, -0.1) is 10.2 Å². The van der Waals surface area contributed by atoms with E-state index in [1.807, 2.05) is 38.1 Å². The molecule has 19 heavy (non-hydrogen) atoms. The van der Waals surface area contributed by atoms with E-state index in [2.05, 4.69) is 15.5 Å². The smallest absolute Gasteiger partial charge is 0.230 e. The fraction of sp³-hybridized carbons (Fsp3) is 0.308. The summed E-state index contributed by atoms with van der Waals surface area (Å²) in [5.74, 6) is 0.388. The van der Waals surface area contributed by atoms with Gasteiger partial charge >= 0.3 is 0 Å². The molecule has 0 aliphatic heterocycles. The van der Waals surface area contributed by atoms with Crippen LogP contribution in [-0.2, 0) is 11.3 Å². The molecule has 2 rings (SSSR count). The highest BCUT2D eigenvalue weighted by Crippen LogP contribution is 2.21. The number of rotatable bonds is 5. The molecule has 0 saturated heterocycles. The fourth-order valence-corrected chi connectivity index (χ4v) is 3.07. The second kappa shape index (κ2) is 6.68. The number of thioether (sulfide) groups is 1. The third-order valence-electron chi connectivity index (χ3n) is 2.44. The summed E-state index contributed by atoms with van der Waals surface area (Å²) in [5.41, 5.74) is 2.33. The molecule has 1 heterocycles. The van der Waals surface area contributed by atoms with Gasteiger partial charge in [0.2, 0.25) is 5.91 Å². The Morgan fingerprint density at radius 3 is 2.63 bits per heavy atom. The number of nitrogens with one attached hydrogen (secondary N) is 1. The Kier molecular flexibility index (Phi) is 4.93. The van der Waals surface area contributed by atoms with Crippen molar-refractivity contribution in [3.8, 4) is 0 Å². The van der Waals surface area contributed by atoms with Crippen LogP contribution < -0.4 is 5.32 Å². The first-order valence-electron chi connectivity index (χ1n) is 5.88. The molecule has 1 amide bonds. The zero-order valence-electron chi connectivity index (χ0n) is 10.8. The molecule has 0 spiro atoms. The predicted molar refractivity (Wildman–Crippen MR) is 78.4 cm³/mol. The van der Waals surface area contributed by atoms with Crippen molar-refractivity contribution in [2.24, 2.45) is 0 Å². The van der Waals surface area contributed by atoms with E-state index >= 15 is 0 Å². The van der Waals surface area contributed by atoms with E-state index in [0.717, 1.165) is 14.9 Å². The van der Waals surface area contributed by atoms with Gasteiger partial charge in [-0.2, -0.15) is 0 Å². The van der Waals surface area contributed by atoms with Gasteiger partial charge in [-0.05, 0) is 19.4 Å². The zero-order chi connectivity index (χ0) is 13.7. The Morgan fingerprint density at radius 2 is 2.00 bits per heavy atom. The number of nitrogens with zero attached hydrogens (tertiary/aromatic N) is 2. The van der Waals surface area contributed by atoms with Gasteiger partial charge in [-0.1, -0.05) is 52.9 Å². The SMILES string of the molecule is Cc1ccc(CNC(=O)CSc2nnc(C)s2)cc1. The van der Waals surface area contributed by atoms with Crippen LogP contribution in [0, 0.1) is 13.8 Å². The van der Waals surface area contributed by atoms with E-state index in [1.54, 1.807) is 0 Å². The summed E-state index contributed by atoms with van der Waals surface area (Å²) in [6.07, 6.45) is 0. The van der Waals surface area contributed by atoms with Crippen LogP contribution in [0.4, 0.5) is 0 Å². The molecule has 0 radical (unpaired) electrons. The molecule has 100 valence electrons. The molecule has 0 unspecified atom stereocenters. The first-order chi connectivity index (χ1) is 9.13. The summed E-state index contributed by atoms with van der Waals surface area (Å²) < 4.78 is 0.836. The van der Waals surface area contributed by atoms with Gasteiger partial charge in [0.1, 0.15) is 5.01 Å². The van der Waals surface area contributed by atoms with Crippen molar-refractivity contribution >= 4 is 29.0 Å². The molecule has 0 atom stereocenters. The number of carbonyl (C=O) groups is 1. The number of carbonyl (C=O) groups excluding carboxylic acids is 1. The molecule has 0 fully saturated rings. The van der Waals surface area contributed by atoms with E-state index in [1.165, 1.54) is 28.7 Å². The molecule has 4 nitrogen and oxygen atoms in total. The first kappa shape index (κ1) is 14.0. The normalized spacial score (nSPS) is 10.4. The van der Waals surface area contributed by atoms with Crippen LogP contribution in [0.2, 0.25) is 0 Å². The summed E-state index contributed by atoms with van der Waals surface area (Å²) >= 11 is 2.93. The van der Waals surface area contributed by atoms with Crippen molar-refractivity contribution in [3.63, 3.8) is 0 Å². The van der Waals surface area contributed by atoms with Crippen molar-refractivity contribution in [1.82, 2.24) is 15.5 Å².